The molecule has 2 heteroatoms. The van der Waals surface area contributed by atoms with Gasteiger partial charge in [-0.05, 0) is 72.7 Å². The fourth-order valence-electron chi connectivity index (χ4n) is 4.01. The zero-order valence-electron chi connectivity index (χ0n) is 15.0. The average molecular weight is 303 g/mol. The Morgan fingerprint density at radius 1 is 1.18 bits per heavy atom. The number of hydrogen-bond acceptors (Lipinski definition) is 2. The smallest absolute Gasteiger partial charge is 0.118 e. The second-order valence-corrected chi connectivity index (χ2v) is 8.88. The van der Waals surface area contributed by atoms with Gasteiger partial charge in [-0.3, -0.25) is 0 Å². The van der Waals surface area contributed by atoms with Crippen LogP contribution in [-0.2, 0) is 11.8 Å². The van der Waals surface area contributed by atoms with Gasteiger partial charge in [0, 0.05) is 0 Å². The van der Waals surface area contributed by atoms with Crippen molar-refractivity contribution in [3.63, 3.8) is 0 Å². The Morgan fingerprint density at radius 2 is 1.91 bits per heavy atom. The van der Waals surface area contributed by atoms with Gasteiger partial charge in [0.2, 0.25) is 0 Å². The largest absolute Gasteiger partial charge is 0.508 e. The molecule has 1 unspecified atom stereocenters. The molecule has 124 valence electrons. The molecule has 0 bridgehead atoms. The number of benzene rings is 1. The van der Waals surface area contributed by atoms with Gasteiger partial charge in [-0.2, -0.15) is 0 Å². The van der Waals surface area contributed by atoms with E-state index >= 15 is 0 Å². The highest BCUT2D eigenvalue weighted by atomic mass is 16.3. The molecule has 1 aliphatic rings. The van der Waals surface area contributed by atoms with Crippen molar-refractivity contribution in [2.45, 2.75) is 65.7 Å². The highest BCUT2D eigenvalue weighted by molar-refractivity contribution is 5.39. The minimum absolute atomic E-state index is 0.130. The lowest BCUT2D eigenvalue weighted by atomic mass is 9.72. The van der Waals surface area contributed by atoms with Crippen molar-refractivity contribution in [3.8, 4) is 5.75 Å². The molecule has 1 atom stereocenters. The molecule has 1 aliphatic heterocycles. The van der Waals surface area contributed by atoms with Crippen LogP contribution in [0.3, 0.4) is 0 Å². The van der Waals surface area contributed by atoms with Crippen LogP contribution in [0.2, 0.25) is 0 Å². The Labute approximate surface area is 136 Å². The van der Waals surface area contributed by atoms with Crippen LogP contribution in [0.25, 0.3) is 0 Å². The third-order valence-electron chi connectivity index (χ3n) is 4.74. The molecule has 0 spiro atoms. The summed E-state index contributed by atoms with van der Waals surface area (Å²) in [5, 5.41) is 13.7. The minimum atomic E-state index is 0.130. The van der Waals surface area contributed by atoms with Crippen molar-refractivity contribution < 1.29 is 5.11 Å². The fourth-order valence-corrected chi connectivity index (χ4v) is 4.01. The monoisotopic (exact) mass is 303 g/mol. The van der Waals surface area contributed by atoms with Crippen LogP contribution in [0.5, 0.6) is 5.75 Å². The first kappa shape index (κ1) is 17.3. The molecule has 1 aromatic carbocycles. The van der Waals surface area contributed by atoms with Gasteiger partial charge < -0.3 is 10.4 Å². The Kier molecular flexibility index (Phi) is 5.21. The lowest BCUT2D eigenvalue weighted by molar-refractivity contribution is 0.283. The normalized spacial score (nSPS) is 20.1. The quantitative estimate of drug-likeness (QED) is 0.848. The summed E-state index contributed by atoms with van der Waals surface area (Å²) in [5.74, 6) is 1.11. The van der Waals surface area contributed by atoms with Crippen LogP contribution in [0.1, 0.15) is 65.0 Å². The van der Waals surface area contributed by atoms with Crippen LogP contribution in [0, 0.1) is 11.3 Å². The van der Waals surface area contributed by atoms with E-state index in [4.69, 9.17) is 0 Å². The van der Waals surface area contributed by atoms with Crippen molar-refractivity contribution >= 4 is 0 Å². The van der Waals surface area contributed by atoms with Gasteiger partial charge in [0.1, 0.15) is 5.75 Å². The molecule has 0 amide bonds. The molecular formula is C20H33NO. The lowest BCUT2D eigenvalue weighted by Crippen LogP contribution is -2.31. The summed E-state index contributed by atoms with van der Waals surface area (Å²) in [4.78, 5) is 0. The Hall–Kier alpha value is -1.02. The molecule has 0 saturated carbocycles. The molecule has 1 fully saturated rings. The summed E-state index contributed by atoms with van der Waals surface area (Å²) in [5.41, 5.74) is 2.90. The third kappa shape index (κ3) is 4.74. The SMILES string of the molecule is CC(C)(C)CC(C)(C)c1ccc(O)c(CC2CCCNC2)c1. The predicted octanol–water partition coefficient (Wildman–Crippen LogP) is 4.65. The van der Waals surface area contributed by atoms with Gasteiger partial charge in [-0.1, -0.05) is 46.8 Å². The van der Waals surface area contributed by atoms with E-state index in [1.807, 2.05) is 6.07 Å². The maximum Gasteiger partial charge on any atom is 0.118 e. The first-order chi connectivity index (χ1) is 10.2. The Morgan fingerprint density at radius 3 is 2.50 bits per heavy atom. The summed E-state index contributed by atoms with van der Waals surface area (Å²) in [6, 6.07) is 6.24. The molecule has 22 heavy (non-hydrogen) atoms. The average Bonchev–Trinajstić information content (AvgIpc) is 2.39. The minimum Gasteiger partial charge on any atom is -0.508 e. The fraction of sp³-hybridized carbons (Fsp3) is 0.700. The Bertz CT molecular complexity index is 493. The molecule has 0 radical (unpaired) electrons. The van der Waals surface area contributed by atoms with Gasteiger partial charge in [0.25, 0.3) is 0 Å². The molecule has 2 N–H and O–H groups in total. The third-order valence-corrected chi connectivity index (χ3v) is 4.74. The summed E-state index contributed by atoms with van der Waals surface area (Å²) in [6.45, 7) is 13.7. The molecule has 2 nitrogen and oxygen atoms in total. The standard InChI is InChI=1S/C20H33NO/c1-19(2,3)14-20(4,5)17-8-9-18(22)16(12-17)11-15-7-6-10-21-13-15/h8-9,12,15,21-22H,6-7,10-11,13-14H2,1-5H3. The van der Waals surface area contributed by atoms with Gasteiger partial charge in [0.05, 0.1) is 0 Å². The molecule has 1 saturated heterocycles. The summed E-state index contributed by atoms with van der Waals surface area (Å²) < 4.78 is 0. The van der Waals surface area contributed by atoms with Crippen molar-refractivity contribution in [1.29, 1.82) is 0 Å². The zero-order chi connectivity index (χ0) is 16.4. The van der Waals surface area contributed by atoms with Gasteiger partial charge in [-0.15, -0.1) is 0 Å². The van der Waals surface area contributed by atoms with E-state index in [1.165, 1.54) is 18.4 Å². The number of nitrogens with one attached hydrogen (secondary N) is 1. The summed E-state index contributed by atoms with van der Waals surface area (Å²) in [7, 11) is 0. The van der Waals surface area contributed by atoms with E-state index in [2.05, 4.69) is 52.1 Å². The number of phenols is 1. The van der Waals surface area contributed by atoms with Crippen molar-refractivity contribution in [3.05, 3.63) is 29.3 Å². The van der Waals surface area contributed by atoms with E-state index in [9.17, 15) is 5.11 Å². The molecule has 1 heterocycles. The first-order valence-corrected chi connectivity index (χ1v) is 8.70. The summed E-state index contributed by atoms with van der Waals surface area (Å²) in [6.07, 6.45) is 4.64. The van der Waals surface area contributed by atoms with Crippen LogP contribution in [0.4, 0.5) is 0 Å². The van der Waals surface area contributed by atoms with Crippen molar-refractivity contribution in [2.75, 3.05) is 13.1 Å². The first-order valence-electron chi connectivity index (χ1n) is 8.70. The summed E-state index contributed by atoms with van der Waals surface area (Å²) >= 11 is 0. The molecule has 1 aromatic rings. The number of hydrogen-bond donors (Lipinski definition) is 2. The molecular weight excluding hydrogens is 270 g/mol. The Balaban J connectivity index is 2.18. The number of aromatic hydroxyl groups is 1. The van der Waals surface area contributed by atoms with E-state index in [1.54, 1.807) is 0 Å². The van der Waals surface area contributed by atoms with Crippen LogP contribution >= 0.6 is 0 Å². The van der Waals surface area contributed by atoms with Crippen molar-refractivity contribution in [2.24, 2.45) is 11.3 Å². The second kappa shape index (κ2) is 6.62. The number of rotatable bonds is 4. The van der Waals surface area contributed by atoms with Crippen LogP contribution in [0.15, 0.2) is 18.2 Å². The van der Waals surface area contributed by atoms with Gasteiger partial charge >= 0.3 is 0 Å². The van der Waals surface area contributed by atoms with Crippen LogP contribution < -0.4 is 5.32 Å². The number of phenolic OH excluding ortho intramolecular Hbond substituents is 1. The maximum atomic E-state index is 10.2. The van der Waals surface area contributed by atoms with E-state index in [0.29, 0.717) is 17.1 Å². The van der Waals surface area contributed by atoms with E-state index in [-0.39, 0.29) is 5.41 Å². The second-order valence-electron chi connectivity index (χ2n) is 8.88. The highest BCUT2D eigenvalue weighted by Gasteiger charge is 2.28. The molecule has 0 aromatic heterocycles. The highest BCUT2D eigenvalue weighted by Crippen LogP contribution is 2.38. The topological polar surface area (TPSA) is 32.3 Å². The van der Waals surface area contributed by atoms with E-state index < -0.39 is 0 Å². The zero-order valence-corrected chi connectivity index (χ0v) is 15.0. The van der Waals surface area contributed by atoms with Crippen LogP contribution in [-0.4, -0.2) is 18.2 Å². The number of piperidine rings is 1. The van der Waals surface area contributed by atoms with Crippen molar-refractivity contribution in [1.82, 2.24) is 5.32 Å². The van der Waals surface area contributed by atoms with E-state index in [0.717, 1.165) is 31.5 Å². The lowest BCUT2D eigenvalue weighted by Gasteiger charge is -2.33. The maximum absolute atomic E-state index is 10.2. The van der Waals surface area contributed by atoms with Gasteiger partial charge in [0.15, 0.2) is 0 Å². The molecule has 0 aliphatic carbocycles. The van der Waals surface area contributed by atoms with Gasteiger partial charge in [-0.25, -0.2) is 0 Å². The predicted molar refractivity (Wildman–Crippen MR) is 94.5 cm³/mol. The molecule has 2 rings (SSSR count).